The third-order valence-electron chi connectivity index (χ3n) is 5.72. The number of aryl methyl sites for hydroxylation is 1. The second-order valence-electron chi connectivity index (χ2n) is 8.39. The Morgan fingerprint density at radius 1 is 1.35 bits per heavy atom. The number of guanidine groups is 1. The maximum atomic E-state index is 13.0. The van der Waals surface area contributed by atoms with Crippen molar-refractivity contribution < 1.29 is 23.1 Å². The SMILES string of the molecule is COc1cc(C)c(S(=O)(=O)NC(N)=NCCC[C@H](NC(=O)[C@@H](N)CC#N)C(O)c2nccs2)c(C)c1C. The predicted molar refractivity (Wildman–Crippen MR) is 140 cm³/mol. The van der Waals surface area contributed by atoms with E-state index in [2.05, 4.69) is 20.0 Å². The van der Waals surface area contributed by atoms with Crippen LogP contribution in [0.2, 0.25) is 0 Å². The van der Waals surface area contributed by atoms with Crippen molar-refractivity contribution >= 4 is 33.2 Å². The molecule has 14 heteroatoms. The van der Waals surface area contributed by atoms with Crippen LogP contribution in [0.15, 0.2) is 27.5 Å². The molecule has 0 aliphatic heterocycles. The van der Waals surface area contributed by atoms with Crippen LogP contribution in [0.1, 0.15) is 47.1 Å². The van der Waals surface area contributed by atoms with Crippen molar-refractivity contribution in [1.29, 1.82) is 5.26 Å². The van der Waals surface area contributed by atoms with Gasteiger partial charge in [0.1, 0.15) is 16.9 Å². The number of thiazole rings is 1. The number of carbonyl (C=O) groups excluding carboxylic acids is 1. The molecule has 1 amide bonds. The largest absolute Gasteiger partial charge is 0.496 e. The molecule has 0 aliphatic rings. The lowest BCUT2D eigenvalue weighted by atomic mass is 10.0. The summed E-state index contributed by atoms with van der Waals surface area (Å²) in [5.74, 6) is -0.270. The van der Waals surface area contributed by atoms with E-state index >= 15 is 0 Å². The number of amides is 1. The summed E-state index contributed by atoms with van der Waals surface area (Å²) in [6.45, 7) is 5.25. The number of benzene rings is 1. The summed E-state index contributed by atoms with van der Waals surface area (Å²) >= 11 is 1.23. The number of nitrogens with zero attached hydrogens (tertiary/aromatic N) is 3. The van der Waals surface area contributed by atoms with E-state index in [0.717, 1.165) is 0 Å². The Hall–Kier alpha value is -3.25. The van der Waals surface area contributed by atoms with Crippen LogP contribution < -0.4 is 26.2 Å². The van der Waals surface area contributed by atoms with Crippen LogP contribution in [0.5, 0.6) is 5.75 Å². The molecule has 0 saturated carbocycles. The Labute approximate surface area is 220 Å². The fourth-order valence-corrected chi connectivity index (χ4v) is 5.89. The highest BCUT2D eigenvalue weighted by molar-refractivity contribution is 7.90. The van der Waals surface area contributed by atoms with E-state index in [4.69, 9.17) is 21.5 Å². The highest BCUT2D eigenvalue weighted by atomic mass is 32.2. The maximum Gasteiger partial charge on any atom is 0.264 e. The molecule has 3 atom stereocenters. The van der Waals surface area contributed by atoms with Crippen molar-refractivity contribution in [3.63, 3.8) is 0 Å². The van der Waals surface area contributed by atoms with Crippen molar-refractivity contribution in [2.75, 3.05) is 13.7 Å². The van der Waals surface area contributed by atoms with Crippen molar-refractivity contribution in [3.8, 4) is 11.8 Å². The number of aliphatic hydroxyl groups is 1. The molecule has 0 radical (unpaired) electrons. The van der Waals surface area contributed by atoms with Crippen LogP contribution >= 0.6 is 11.3 Å². The zero-order valence-electron chi connectivity index (χ0n) is 21.2. The summed E-state index contributed by atoms with van der Waals surface area (Å²) in [5.41, 5.74) is 13.3. The molecule has 0 saturated heterocycles. The summed E-state index contributed by atoms with van der Waals surface area (Å²) in [6.07, 6.45) is 0.893. The molecule has 0 bridgehead atoms. The van der Waals surface area contributed by atoms with E-state index in [-0.39, 0.29) is 30.2 Å². The highest BCUT2D eigenvalue weighted by Gasteiger charge is 2.27. The number of carbonyl (C=O) groups is 1. The van der Waals surface area contributed by atoms with Gasteiger partial charge < -0.3 is 26.6 Å². The molecule has 12 nitrogen and oxygen atoms in total. The van der Waals surface area contributed by atoms with Crippen LogP contribution in [-0.4, -0.2) is 56.1 Å². The first-order chi connectivity index (χ1) is 17.4. The number of rotatable bonds is 12. The normalized spacial score (nSPS) is 14.4. The topological polar surface area (TPSA) is 206 Å². The summed E-state index contributed by atoms with van der Waals surface area (Å²) < 4.78 is 33.6. The zero-order valence-corrected chi connectivity index (χ0v) is 22.8. The second-order valence-corrected chi connectivity index (χ2v) is 10.9. The van der Waals surface area contributed by atoms with Gasteiger partial charge in [-0.1, -0.05) is 0 Å². The second kappa shape index (κ2) is 13.3. The molecule has 202 valence electrons. The van der Waals surface area contributed by atoms with Gasteiger partial charge in [-0.3, -0.25) is 9.79 Å². The molecule has 1 aromatic heterocycles. The molecule has 0 aliphatic carbocycles. The van der Waals surface area contributed by atoms with Crippen LogP contribution in [0.4, 0.5) is 0 Å². The molecule has 0 fully saturated rings. The minimum absolute atomic E-state index is 0.104. The molecule has 1 aromatic carbocycles. The van der Waals surface area contributed by atoms with Crippen molar-refractivity contribution in [3.05, 3.63) is 39.3 Å². The van der Waals surface area contributed by atoms with Gasteiger partial charge in [-0.2, -0.15) is 5.26 Å². The third kappa shape index (κ3) is 7.86. The van der Waals surface area contributed by atoms with Crippen molar-refractivity contribution in [1.82, 2.24) is 15.0 Å². The van der Waals surface area contributed by atoms with Gasteiger partial charge in [-0.25, -0.2) is 18.1 Å². The minimum atomic E-state index is -4.00. The van der Waals surface area contributed by atoms with Gasteiger partial charge in [0.2, 0.25) is 11.9 Å². The Morgan fingerprint density at radius 2 is 2.05 bits per heavy atom. The van der Waals surface area contributed by atoms with Gasteiger partial charge in [-0.05, 0) is 56.4 Å². The van der Waals surface area contributed by atoms with Gasteiger partial charge in [0.05, 0.1) is 36.6 Å². The standard InChI is InChI=1S/C23H33N7O5S2/c1-13-12-18(35-4)14(2)15(3)20(13)37(33,34)30-23(26)28-9-5-6-17(19(31)22-27-10-11-36-22)29-21(32)16(25)7-8-24/h10-12,16-17,19,31H,5-7,9,25H2,1-4H3,(H,29,32)(H3,26,28,30)/t16-,17-,19?/m0/s1. The average molecular weight is 552 g/mol. The molecular formula is C23H33N7O5S2. The van der Waals surface area contributed by atoms with Crippen LogP contribution in [0.3, 0.4) is 0 Å². The quantitative estimate of drug-likeness (QED) is 0.144. The minimum Gasteiger partial charge on any atom is -0.496 e. The molecule has 1 unspecified atom stereocenters. The first-order valence-corrected chi connectivity index (χ1v) is 13.8. The highest BCUT2D eigenvalue weighted by Crippen LogP contribution is 2.30. The molecule has 37 heavy (non-hydrogen) atoms. The Balaban J connectivity index is 2.08. The Kier molecular flexibility index (Phi) is 10.8. The fourth-order valence-electron chi connectivity index (χ4n) is 3.72. The Bertz CT molecular complexity index is 1260. The fraction of sp³-hybridized carbons (Fsp3) is 0.478. The van der Waals surface area contributed by atoms with Gasteiger partial charge in [0.15, 0.2) is 0 Å². The maximum absolute atomic E-state index is 13.0. The lowest BCUT2D eigenvalue weighted by molar-refractivity contribution is -0.124. The summed E-state index contributed by atoms with van der Waals surface area (Å²) in [7, 11) is -2.48. The van der Waals surface area contributed by atoms with Gasteiger partial charge >= 0.3 is 0 Å². The number of aliphatic hydroxyl groups excluding tert-OH is 1. The lowest BCUT2D eigenvalue weighted by Crippen LogP contribution is -2.47. The molecule has 0 spiro atoms. The smallest absolute Gasteiger partial charge is 0.264 e. The number of aliphatic imine (C=N–C) groups is 1. The number of methoxy groups -OCH3 is 1. The van der Waals surface area contributed by atoms with E-state index in [9.17, 15) is 18.3 Å². The molecule has 1 heterocycles. The number of nitrogens with two attached hydrogens (primary N) is 2. The van der Waals surface area contributed by atoms with Crippen LogP contribution in [-0.2, 0) is 14.8 Å². The molecule has 7 N–H and O–H groups in total. The van der Waals surface area contributed by atoms with E-state index in [1.54, 1.807) is 32.2 Å². The third-order valence-corrected chi connectivity index (χ3v) is 8.21. The Morgan fingerprint density at radius 3 is 2.65 bits per heavy atom. The predicted octanol–water partition coefficient (Wildman–Crippen LogP) is 0.910. The number of nitrogens with one attached hydrogen (secondary N) is 2. The van der Waals surface area contributed by atoms with Gasteiger partial charge in [-0.15, -0.1) is 11.3 Å². The van der Waals surface area contributed by atoms with E-state index in [1.165, 1.54) is 24.6 Å². The van der Waals surface area contributed by atoms with Crippen LogP contribution in [0, 0.1) is 32.1 Å². The number of hydrogen-bond acceptors (Lipinski definition) is 10. The summed E-state index contributed by atoms with van der Waals surface area (Å²) in [4.78, 5) is 20.6. The lowest BCUT2D eigenvalue weighted by Gasteiger charge is -2.24. The molecule has 2 aromatic rings. The molecular weight excluding hydrogens is 518 g/mol. The molecule has 2 rings (SSSR count). The first-order valence-electron chi connectivity index (χ1n) is 11.4. The average Bonchev–Trinajstić information content (AvgIpc) is 3.37. The van der Waals surface area contributed by atoms with Crippen molar-refractivity contribution in [2.24, 2.45) is 16.5 Å². The zero-order chi connectivity index (χ0) is 27.8. The monoisotopic (exact) mass is 551 g/mol. The number of aromatic nitrogens is 1. The van der Waals surface area contributed by atoms with Gasteiger partial charge in [0, 0.05) is 18.1 Å². The number of sulfonamides is 1. The van der Waals surface area contributed by atoms with Crippen molar-refractivity contribution in [2.45, 2.75) is 63.1 Å². The van der Waals surface area contributed by atoms with E-state index in [1.807, 2.05) is 6.07 Å². The van der Waals surface area contributed by atoms with Gasteiger partial charge in [0.25, 0.3) is 10.0 Å². The number of hydrogen-bond donors (Lipinski definition) is 5. The number of ether oxygens (including phenoxy) is 1. The summed E-state index contributed by atoms with van der Waals surface area (Å²) in [6, 6.07) is 1.70. The van der Waals surface area contributed by atoms with Crippen LogP contribution in [0.25, 0.3) is 0 Å². The first kappa shape index (κ1) is 30.0. The summed E-state index contributed by atoms with van der Waals surface area (Å²) in [5, 5.41) is 24.2. The van der Waals surface area contributed by atoms with E-state index in [0.29, 0.717) is 33.9 Å². The number of nitriles is 1. The van der Waals surface area contributed by atoms with E-state index < -0.39 is 34.1 Å².